The Labute approximate surface area is 226 Å². The van der Waals surface area contributed by atoms with Crippen LogP contribution in [0.2, 0.25) is 0 Å². The van der Waals surface area contributed by atoms with Crippen molar-refractivity contribution < 1.29 is 0 Å². The highest BCUT2D eigenvalue weighted by Gasteiger charge is 2.13. The van der Waals surface area contributed by atoms with Gasteiger partial charge in [-0.15, -0.1) is 11.3 Å². The average Bonchev–Trinajstić information content (AvgIpc) is 3.36. The molecule has 0 saturated heterocycles. The number of allylic oxidation sites excluding steroid dienone is 1. The third-order valence-electron chi connectivity index (χ3n) is 7.56. The van der Waals surface area contributed by atoms with Gasteiger partial charge >= 0.3 is 0 Å². The number of hydrogen-bond acceptors (Lipinski definition) is 1. The minimum Gasteiger partial charge on any atom is -0.135 e. The van der Waals surface area contributed by atoms with E-state index < -0.39 is 0 Å². The summed E-state index contributed by atoms with van der Waals surface area (Å²) >= 11 is 1.88. The summed E-state index contributed by atoms with van der Waals surface area (Å²) in [6, 6.07) is 39.9. The molecule has 0 atom stereocenters. The van der Waals surface area contributed by atoms with Crippen LogP contribution in [-0.2, 0) is 0 Å². The van der Waals surface area contributed by atoms with Gasteiger partial charge in [0, 0.05) is 20.2 Å². The maximum atomic E-state index is 4.16. The first-order chi connectivity index (χ1) is 18.8. The van der Waals surface area contributed by atoms with E-state index in [4.69, 9.17) is 0 Å². The van der Waals surface area contributed by atoms with Crippen molar-refractivity contribution in [1.29, 1.82) is 0 Å². The summed E-state index contributed by atoms with van der Waals surface area (Å²) in [6.07, 6.45) is 6.30. The summed E-state index contributed by atoms with van der Waals surface area (Å²) in [5.74, 6) is 0. The fourth-order valence-corrected chi connectivity index (χ4v) is 7.07. The second-order valence-corrected chi connectivity index (χ2v) is 10.8. The third kappa shape index (κ3) is 3.51. The molecule has 38 heavy (non-hydrogen) atoms. The molecular formula is C37H26S. The molecule has 0 aliphatic heterocycles. The highest BCUT2D eigenvalue weighted by molar-refractivity contribution is 7.26. The molecule has 180 valence electrons. The van der Waals surface area contributed by atoms with Crippen molar-refractivity contribution in [2.75, 3.05) is 0 Å². The molecule has 0 amide bonds. The lowest BCUT2D eigenvalue weighted by Crippen LogP contribution is -1.90. The van der Waals surface area contributed by atoms with Crippen LogP contribution < -0.4 is 0 Å². The molecule has 7 rings (SSSR count). The topological polar surface area (TPSA) is 0 Å². The summed E-state index contributed by atoms with van der Waals surface area (Å²) in [4.78, 5) is 0. The van der Waals surface area contributed by atoms with E-state index in [0.29, 0.717) is 0 Å². The van der Waals surface area contributed by atoms with Crippen LogP contribution in [0.25, 0.3) is 76.1 Å². The zero-order valence-electron chi connectivity index (χ0n) is 21.2. The number of fused-ring (bicyclic) bond motifs is 6. The predicted molar refractivity (Wildman–Crippen MR) is 170 cm³/mol. The van der Waals surface area contributed by atoms with Crippen molar-refractivity contribution in [3.05, 3.63) is 133 Å². The van der Waals surface area contributed by atoms with Crippen LogP contribution in [0, 0.1) is 0 Å². The van der Waals surface area contributed by atoms with Gasteiger partial charge in [0.05, 0.1) is 0 Å². The first kappa shape index (κ1) is 22.7. The molecule has 0 radical (unpaired) electrons. The molecular weight excluding hydrogens is 476 g/mol. The lowest BCUT2D eigenvalue weighted by atomic mass is 9.89. The highest BCUT2D eigenvalue weighted by atomic mass is 32.1. The highest BCUT2D eigenvalue weighted by Crippen LogP contribution is 2.41. The number of hydrogen-bond donors (Lipinski definition) is 0. The van der Waals surface area contributed by atoms with Crippen LogP contribution in [0.4, 0.5) is 0 Å². The SMILES string of the molecule is C=Cc1c(/C=C\C)c2ccccc2c2cc(-c3cccc(-c4cccc5c4sc4ccccc45)c3)ccc12. The molecule has 1 heterocycles. The number of rotatable bonds is 4. The molecule has 7 aromatic rings. The Bertz CT molecular complexity index is 2050. The fourth-order valence-electron chi connectivity index (χ4n) is 5.83. The molecule has 6 aromatic carbocycles. The molecule has 0 nitrogen and oxygen atoms in total. The van der Waals surface area contributed by atoms with E-state index in [-0.39, 0.29) is 0 Å². The molecule has 0 fully saturated rings. The van der Waals surface area contributed by atoms with Gasteiger partial charge in [-0.3, -0.25) is 0 Å². The van der Waals surface area contributed by atoms with Crippen molar-refractivity contribution in [2.45, 2.75) is 6.92 Å². The third-order valence-corrected chi connectivity index (χ3v) is 8.78. The van der Waals surface area contributed by atoms with Gasteiger partial charge in [0.15, 0.2) is 0 Å². The van der Waals surface area contributed by atoms with Crippen molar-refractivity contribution in [2.24, 2.45) is 0 Å². The first-order valence-corrected chi connectivity index (χ1v) is 13.8. The minimum atomic E-state index is 1.19. The molecule has 0 saturated carbocycles. The quantitative estimate of drug-likeness (QED) is 0.210. The Morgan fingerprint density at radius 2 is 1.24 bits per heavy atom. The molecule has 0 aliphatic carbocycles. The van der Waals surface area contributed by atoms with Gasteiger partial charge in [-0.2, -0.15) is 0 Å². The van der Waals surface area contributed by atoms with Crippen LogP contribution in [0.15, 0.2) is 122 Å². The van der Waals surface area contributed by atoms with E-state index in [1.165, 1.54) is 75.1 Å². The maximum absolute atomic E-state index is 4.16. The van der Waals surface area contributed by atoms with Gasteiger partial charge in [0.2, 0.25) is 0 Å². The van der Waals surface area contributed by atoms with Gasteiger partial charge in [0.25, 0.3) is 0 Å². The van der Waals surface area contributed by atoms with Crippen molar-refractivity contribution >= 4 is 65.2 Å². The molecule has 0 aliphatic rings. The van der Waals surface area contributed by atoms with Crippen LogP contribution in [0.3, 0.4) is 0 Å². The number of benzene rings is 6. The fraction of sp³-hybridized carbons (Fsp3) is 0.0270. The molecule has 0 N–H and O–H groups in total. The summed E-state index contributed by atoms with van der Waals surface area (Å²) < 4.78 is 2.69. The van der Waals surface area contributed by atoms with Gasteiger partial charge in [0.1, 0.15) is 0 Å². The second kappa shape index (κ2) is 9.13. The molecule has 0 spiro atoms. The average molecular weight is 503 g/mol. The normalized spacial score (nSPS) is 11.8. The Kier molecular flexibility index (Phi) is 5.46. The van der Waals surface area contributed by atoms with Gasteiger partial charge in [-0.25, -0.2) is 0 Å². The smallest absolute Gasteiger partial charge is 0.0433 e. The van der Waals surface area contributed by atoms with E-state index in [1.54, 1.807) is 0 Å². The molecule has 1 heteroatoms. The van der Waals surface area contributed by atoms with Crippen LogP contribution in [0.1, 0.15) is 18.1 Å². The van der Waals surface area contributed by atoms with Crippen LogP contribution in [-0.4, -0.2) is 0 Å². The van der Waals surface area contributed by atoms with Crippen LogP contribution in [0.5, 0.6) is 0 Å². The minimum absolute atomic E-state index is 1.19. The summed E-state index contributed by atoms with van der Waals surface area (Å²) in [5.41, 5.74) is 7.41. The zero-order chi connectivity index (χ0) is 25.6. The van der Waals surface area contributed by atoms with E-state index in [2.05, 4.69) is 135 Å². The first-order valence-electron chi connectivity index (χ1n) is 13.0. The number of thiophene rings is 1. The standard InChI is InChI=1S/C37H26S/c1-3-11-29-27(4-2)32-21-20-25(23-35(32)31-15-6-5-14-30(29)31)24-12-9-13-26(22-24)28-17-10-18-34-33-16-7-8-19-36(33)38-37(28)34/h3-23H,2H2,1H3/b11-3-. The Morgan fingerprint density at radius 1 is 0.553 bits per heavy atom. The summed E-state index contributed by atoms with van der Waals surface area (Å²) in [6.45, 7) is 6.23. The van der Waals surface area contributed by atoms with Crippen molar-refractivity contribution in [3.8, 4) is 22.3 Å². The Hall–Kier alpha value is -4.46. The molecule has 0 unspecified atom stereocenters. The summed E-state index contributed by atoms with van der Waals surface area (Å²) in [5, 5.41) is 7.70. The van der Waals surface area contributed by atoms with Gasteiger partial charge in [-0.1, -0.05) is 116 Å². The van der Waals surface area contributed by atoms with Gasteiger partial charge < -0.3 is 0 Å². The Balaban J connectivity index is 1.43. The zero-order valence-corrected chi connectivity index (χ0v) is 22.1. The maximum Gasteiger partial charge on any atom is 0.0433 e. The molecule has 1 aromatic heterocycles. The van der Waals surface area contributed by atoms with Crippen LogP contribution >= 0.6 is 11.3 Å². The second-order valence-electron chi connectivity index (χ2n) is 9.70. The predicted octanol–water partition coefficient (Wildman–Crippen LogP) is 11.4. The summed E-state index contributed by atoms with van der Waals surface area (Å²) in [7, 11) is 0. The van der Waals surface area contributed by atoms with E-state index >= 15 is 0 Å². The van der Waals surface area contributed by atoms with Crippen molar-refractivity contribution in [3.63, 3.8) is 0 Å². The monoisotopic (exact) mass is 502 g/mol. The lowest BCUT2D eigenvalue weighted by Gasteiger charge is -2.15. The van der Waals surface area contributed by atoms with E-state index in [9.17, 15) is 0 Å². The van der Waals surface area contributed by atoms with Gasteiger partial charge in [-0.05, 0) is 80.0 Å². The molecule has 0 bridgehead atoms. The van der Waals surface area contributed by atoms with E-state index in [1.807, 2.05) is 17.4 Å². The lowest BCUT2D eigenvalue weighted by molar-refractivity contribution is 1.62. The van der Waals surface area contributed by atoms with E-state index in [0.717, 1.165) is 0 Å². The van der Waals surface area contributed by atoms with Crippen molar-refractivity contribution in [1.82, 2.24) is 0 Å². The Morgan fingerprint density at radius 3 is 2.08 bits per heavy atom. The largest absolute Gasteiger partial charge is 0.135 e.